The Kier molecular flexibility index (Phi) is 6.75. The van der Waals surface area contributed by atoms with Crippen LogP contribution in [0.4, 0.5) is 0 Å². The molecule has 1 aliphatic rings. The summed E-state index contributed by atoms with van der Waals surface area (Å²) in [4.78, 5) is 31.9. The summed E-state index contributed by atoms with van der Waals surface area (Å²) in [6.07, 6.45) is 8.76. The Morgan fingerprint density at radius 3 is 2.70 bits per heavy atom. The van der Waals surface area contributed by atoms with Gasteiger partial charge in [-0.1, -0.05) is 43.4 Å². The van der Waals surface area contributed by atoms with Crippen molar-refractivity contribution in [1.82, 2.24) is 10.4 Å². The number of carbonyl (C=O) groups excluding carboxylic acids is 2. The van der Waals surface area contributed by atoms with E-state index in [4.69, 9.17) is 4.84 Å². The van der Waals surface area contributed by atoms with Crippen LogP contribution in [0.25, 0.3) is 5.70 Å². The Balaban J connectivity index is 2.20. The minimum Gasteiger partial charge on any atom is -0.339 e. The van der Waals surface area contributed by atoms with Gasteiger partial charge in [0.15, 0.2) is 11.4 Å². The van der Waals surface area contributed by atoms with Crippen molar-refractivity contribution in [2.24, 2.45) is 0 Å². The van der Waals surface area contributed by atoms with E-state index in [-0.39, 0.29) is 11.7 Å². The second-order valence-corrected chi connectivity index (χ2v) is 6.85. The van der Waals surface area contributed by atoms with E-state index in [9.17, 15) is 9.59 Å². The lowest BCUT2D eigenvalue weighted by molar-refractivity contribution is -0.151. The quantitative estimate of drug-likeness (QED) is 0.586. The first-order chi connectivity index (χ1) is 12.8. The smallest absolute Gasteiger partial charge is 0.261 e. The molecule has 1 aromatic carbocycles. The number of amides is 1. The number of nitrogens with one attached hydrogen (secondary N) is 1. The van der Waals surface area contributed by atoms with Crippen molar-refractivity contribution in [2.45, 2.75) is 39.7 Å². The molecule has 5 nitrogen and oxygen atoms in total. The molecule has 1 aliphatic heterocycles. The first-order valence-corrected chi connectivity index (χ1v) is 9.16. The molecule has 1 atom stereocenters. The van der Waals surface area contributed by atoms with Crippen LogP contribution >= 0.6 is 0 Å². The topological polar surface area (TPSA) is 58.6 Å². The normalized spacial score (nSPS) is 19.7. The van der Waals surface area contributed by atoms with Crippen molar-refractivity contribution in [2.75, 3.05) is 13.6 Å². The Morgan fingerprint density at radius 1 is 1.33 bits per heavy atom. The SMILES string of the molecule is C/C=C\C(=C/CC)CN(C)C(=O)C1(C)C=C(c2cccc(C(C)=O)c2)NO1. The molecule has 144 valence electrons. The second-order valence-electron chi connectivity index (χ2n) is 6.85. The van der Waals surface area contributed by atoms with Crippen LogP contribution in [0.5, 0.6) is 0 Å². The Hall–Kier alpha value is -2.66. The lowest BCUT2D eigenvalue weighted by atomic mass is 10.00. The van der Waals surface area contributed by atoms with Gasteiger partial charge in [0.2, 0.25) is 0 Å². The van der Waals surface area contributed by atoms with Gasteiger partial charge in [0.25, 0.3) is 5.91 Å². The van der Waals surface area contributed by atoms with E-state index in [0.717, 1.165) is 17.6 Å². The van der Waals surface area contributed by atoms with Gasteiger partial charge in [-0.3, -0.25) is 19.9 Å². The highest BCUT2D eigenvalue weighted by molar-refractivity contribution is 5.95. The van der Waals surface area contributed by atoms with Gasteiger partial charge < -0.3 is 4.90 Å². The van der Waals surface area contributed by atoms with Gasteiger partial charge in [0.05, 0.1) is 5.70 Å². The number of benzene rings is 1. The van der Waals surface area contributed by atoms with Crippen LogP contribution in [-0.4, -0.2) is 35.8 Å². The molecule has 0 spiro atoms. The zero-order chi connectivity index (χ0) is 20.0. The number of likely N-dealkylation sites (N-methyl/N-ethyl adjacent to an activating group) is 1. The van der Waals surface area contributed by atoms with Gasteiger partial charge >= 0.3 is 0 Å². The Morgan fingerprint density at radius 2 is 2.07 bits per heavy atom. The lowest BCUT2D eigenvalue weighted by Gasteiger charge is -2.26. The predicted molar refractivity (Wildman–Crippen MR) is 108 cm³/mol. The van der Waals surface area contributed by atoms with E-state index >= 15 is 0 Å². The minimum atomic E-state index is -1.11. The minimum absolute atomic E-state index is 0.00541. The number of hydrogen-bond acceptors (Lipinski definition) is 4. The molecule has 5 heteroatoms. The van der Waals surface area contributed by atoms with E-state index in [1.165, 1.54) is 6.92 Å². The second kappa shape index (κ2) is 8.82. The highest BCUT2D eigenvalue weighted by Crippen LogP contribution is 2.28. The highest BCUT2D eigenvalue weighted by Gasteiger charge is 2.40. The number of allylic oxidation sites excluding steroid dienone is 2. The number of rotatable bonds is 7. The average molecular weight is 368 g/mol. The van der Waals surface area contributed by atoms with Crippen LogP contribution in [-0.2, 0) is 9.63 Å². The summed E-state index contributed by atoms with van der Waals surface area (Å²) in [6, 6.07) is 7.25. The molecule has 0 saturated carbocycles. The number of carbonyl (C=O) groups is 2. The molecule has 1 amide bonds. The molecule has 0 aliphatic carbocycles. The van der Waals surface area contributed by atoms with Crippen molar-refractivity contribution >= 4 is 17.4 Å². The zero-order valence-electron chi connectivity index (χ0n) is 16.7. The fourth-order valence-electron chi connectivity index (χ4n) is 3.03. The zero-order valence-corrected chi connectivity index (χ0v) is 16.7. The summed E-state index contributed by atoms with van der Waals surface area (Å²) in [6.45, 7) is 7.81. The van der Waals surface area contributed by atoms with Crippen LogP contribution in [0, 0.1) is 0 Å². The molecule has 1 heterocycles. The highest BCUT2D eigenvalue weighted by atomic mass is 16.7. The maximum absolute atomic E-state index is 13.0. The molecule has 1 aromatic rings. The fourth-order valence-corrected chi connectivity index (χ4v) is 3.03. The van der Waals surface area contributed by atoms with Gasteiger partial charge in [0.1, 0.15) is 0 Å². The van der Waals surface area contributed by atoms with Gasteiger partial charge in [-0.05, 0) is 44.9 Å². The van der Waals surface area contributed by atoms with Crippen molar-refractivity contribution in [3.8, 4) is 0 Å². The van der Waals surface area contributed by atoms with Crippen LogP contribution in [0.2, 0.25) is 0 Å². The molecule has 0 bridgehead atoms. The standard InChI is InChI=1S/C22H28N2O3/c1-6-9-17(10-7-2)15-24(5)21(26)22(4)14-20(23-27-22)19-12-8-11-18(13-19)16(3)25/h6,8-14,23H,7,15H2,1-5H3/b9-6-,17-10+. The molecule has 2 rings (SSSR count). The van der Waals surface area contributed by atoms with Crippen LogP contribution in [0.3, 0.4) is 0 Å². The summed E-state index contributed by atoms with van der Waals surface area (Å²) in [5.74, 6) is -0.145. The Labute approximate surface area is 161 Å². The van der Waals surface area contributed by atoms with Gasteiger partial charge in [-0.25, -0.2) is 0 Å². The van der Waals surface area contributed by atoms with Gasteiger partial charge in [0, 0.05) is 24.7 Å². The molecular formula is C22H28N2O3. The summed E-state index contributed by atoms with van der Waals surface area (Å²) < 4.78 is 0. The van der Waals surface area contributed by atoms with Crippen LogP contribution in [0.1, 0.15) is 50.0 Å². The summed E-state index contributed by atoms with van der Waals surface area (Å²) in [7, 11) is 1.77. The molecular weight excluding hydrogens is 340 g/mol. The third kappa shape index (κ3) is 4.95. The fraction of sp³-hybridized carbons (Fsp3) is 0.364. The van der Waals surface area contributed by atoms with Crippen LogP contribution in [0.15, 0.2) is 54.1 Å². The number of hydrogen-bond donors (Lipinski definition) is 1. The van der Waals surface area contributed by atoms with E-state index < -0.39 is 5.60 Å². The maximum atomic E-state index is 13.0. The van der Waals surface area contributed by atoms with E-state index in [1.54, 1.807) is 37.1 Å². The average Bonchev–Trinajstić information content (AvgIpc) is 3.05. The third-order valence-electron chi connectivity index (χ3n) is 4.41. The summed E-state index contributed by atoms with van der Waals surface area (Å²) in [5, 5.41) is 0. The largest absolute Gasteiger partial charge is 0.339 e. The van der Waals surface area contributed by atoms with Gasteiger partial charge in [-0.2, -0.15) is 0 Å². The van der Waals surface area contributed by atoms with E-state index in [0.29, 0.717) is 17.8 Å². The molecule has 1 unspecified atom stereocenters. The maximum Gasteiger partial charge on any atom is 0.261 e. The molecule has 0 aromatic heterocycles. The van der Waals surface area contributed by atoms with Crippen molar-refractivity contribution in [1.29, 1.82) is 0 Å². The third-order valence-corrected chi connectivity index (χ3v) is 4.41. The number of hydroxylamine groups is 1. The van der Waals surface area contributed by atoms with Crippen molar-refractivity contribution < 1.29 is 14.4 Å². The molecule has 0 saturated heterocycles. The summed E-state index contributed by atoms with van der Waals surface area (Å²) >= 11 is 0. The number of nitrogens with zero attached hydrogens (tertiary/aromatic N) is 1. The number of ketones is 1. The summed E-state index contributed by atoms with van der Waals surface area (Å²) in [5.41, 5.74) is 4.93. The lowest BCUT2D eigenvalue weighted by Crippen LogP contribution is -2.46. The Bertz CT molecular complexity index is 808. The first-order valence-electron chi connectivity index (χ1n) is 9.16. The predicted octanol–water partition coefficient (Wildman–Crippen LogP) is 3.89. The van der Waals surface area contributed by atoms with Crippen molar-refractivity contribution in [3.05, 3.63) is 65.3 Å². The number of Topliss-reactive ketones (excluding diaryl/α,β-unsaturated/α-hetero) is 1. The van der Waals surface area contributed by atoms with Crippen molar-refractivity contribution in [3.63, 3.8) is 0 Å². The molecule has 1 N–H and O–H groups in total. The van der Waals surface area contributed by atoms with Crippen LogP contribution < -0.4 is 5.48 Å². The molecule has 0 fully saturated rings. The molecule has 0 radical (unpaired) electrons. The van der Waals surface area contributed by atoms with E-state index in [2.05, 4.69) is 18.5 Å². The van der Waals surface area contributed by atoms with Gasteiger partial charge in [-0.15, -0.1) is 0 Å². The monoisotopic (exact) mass is 368 g/mol. The van der Waals surface area contributed by atoms with E-state index in [1.807, 2.05) is 31.2 Å². The molecule has 27 heavy (non-hydrogen) atoms. The first kappa shape index (κ1) is 20.6.